The molecule has 29 heavy (non-hydrogen) atoms. The molecule has 1 aliphatic rings. The number of pyridine rings is 1. The van der Waals surface area contributed by atoms with Gasteiger partial charge >= 0.3 is 0 Å². The fourth-order valence-corrected chi connectivity index (χ4v) is 3.64. The molecule has 0 spiro atoms. The molecule has 0 bridgehead atoms. The second kappa shape index (κ2) is 6.20. The van der Waals surface area contributed by atoms with Crippen molar-refractivity contribution in [3.8, 4) is 23.0 Å². The van der Waals surface area contributed by atoms with Gasteiger partial charge in [-0.25, -0.2) is 9.97 Å². The van der Waals surface area contributed by atoms with Gasteiger partial charge in [-0.2, -0.15) is 4.98 Å². The van der Waals surface area contributed by atoms with Gasteiger partial charge in [0, 0.05) is 24.0 Å². The van der Waals surface area contributed by atoms with Gasteiger partial charge in [0.2, 0.25) is 5.82 Å². The summed E-state index contributed by atoms with van der Waals surface area (Å²) in [6, 6.07) is 2.05. The third kappa shape index (κ3) is 2.61. The van der Waals surface area contributed by atoms with Crippen LogP contribution in [0.1, 0.15) is 43.5 Å². The molecule has 9 nitrogen and oxygen atoms in total. The number of hydrogen-bond donors (Lipinski definition) is 0. The van der Waals surface area contributed by atoms with E-state index >= 15 is 0 Å². The lowest BCUT2D eigenvalue weighted by Gasteiger charge is -2.02. The molecule has 0 aromatic carbocycles. The van der Waals surface area contributed by atoms with Gasteiger partial charge in [-0.15, -0.1) is 0 Å². The van der Waals surface area contributed by atoms with Crippen LogP contribution in [0.25, 0.3) is 39.7 Å². The predicted octanol–water partition coefficient (Wildman–Crippen LogP) is 3.81. The fraction of sp³-hybridized carbons (Fsp3) is 0.300. The standard InChI is InChI=1S/C20H17N7O2/c1-2-3-13-17-12(8-14(11-4-5-11)23-20(17)29-25-13)19-24-18(26-28-19)15-9-22-16-10-21-6-7-27(15)16/h6-11H,2-5H2,1H3. The predicted molar refractivity (Wildman–Crippen MR) is 103 cm³/mol. The van der Waals surface area contributed by atoms with Crippen molar-refractivity contribution in [1.29, 1.82) is 0 Å². The molecule has 0 radical (unpaired) electrons. The van der Waals surface area contributed by atoms with Crippen molar-refractivity contribution in [2.24, 2.45) is 0 Å². The van der Waals surface area contributed by atoms with Crippen molar-refractivity contribution < 1.29 is 9.05 Å². The van der Waals surface area contributed by atoms with Gasteiger partial charge in [-0.3, -0.25) is 9.38 Å². The van der Waals surface area contributed by atoms with Crippen LogP contribution in [0.5, 0.6) is 0 Å². The highest BCUT2D eigenvalue weighted by molar-refractivity contribution is 5.92. The van der Waals surface area contributed by atoms with Crippen LogP contribution >= 0.6 is 0 Å². The highest BCUT2D eigenvalue weighted by atomic mass is 16.5. The summed E-state index contributed by atoms with van der Waals surface area (Å²) < 4.78 is 13.1. The van der Waals surface area contributed by atoms with Crippen LogP contribution in [-0.4, -0.2) is 34.6 Å². The minimum absolute atomic E-state index is 0.429. The molecule has 0 aliphatic heterocycles. The second-order valence-corrected chi connectivity index (χ2v) is 7.30. The van der Waals surface area contributed by atoms with E-state index < -0.39 is 0 Å². The maximum atomic E-state index is 5.67. The van der Waals surface area contributed by atoms with Gasteiger partial charge in [0.1, 0.15) is 5.69 Å². The molecule has 0 amide bonds. The number of nitrogens with zero attached hydrogens (tertiary/aromatic N) is 7. The van der Waals surface area contributed by atoms with Crippen molar-refractivity contribution in [2.45, 2.75) is 38.5 Å². The Labute approximate surface area is 164 Å². The molecule has 144 valence electrons. The Kier molecular flexibility index (Phi) is 3.49. The molecule has 5 aromatic rings. The van der Waals surface area contributed by atoms with E-state index in [4.69, 9.17) is 9.05 Å². The van der Waals surface area contributed by atoms with E-state index in [1.807, 2.05) is 16.7 Å². The molecule has 5 heterocycles. The normalized spacial score (nSPS) is 14.2. The average Bonchev–Trinajstić information content (AvgIpc) is 3.14. The molecular formula is C20H17N7O2. The lowest BCUT2D eigenvalue weighted by molar-refractivity contribution is 0.432. The molecule has 0 saturated heterocycles. The highest BCUT2D eigenvalue weighted by Gasteiger charge is 2.29. The summed E-state index contributed by atoms with van der Waals surface area (Å²) in [6.45, 7) is 2.11. The van der Waals surface area contributed by atoms with Crippen LogP contribution in [0.2, 0.25) is 0 Å². The molecule has 6 rings (SSSR count). The average molecular weight is 387 g/mol. The summed E-state index contributed by atoms with van der Waals surface area (Å²) in [5, 5.41) is 9.30. The topological polar surface area (TPSA) is 108 Å². The van der Waals surface area contributed by atoms with Gasteiger partial charge < -0.3 is 9.05 Å². The van der Waals surface area contributed by atoms with Gasteiger partial charge in [0.05, 0.1) is 29.0 Å². The summed E-state index contributed by atoms with van der Waals surface area (Å²) in [6.07, 6.45) is 10.9. The highest BCUT2D eigenvalue weighted by Crippen LogP contribution is 2.42. The van der Waals surface area contributed by atoms with E-state index in [0.717, 1.165) is 59.4 Å². The zero-order chi connectivity index (χ0) is 19.4. The first-order valence-electron chi connectivity index (χ1n) is 9.72. The molecule has 0 unspecified atom stereocenters. The Morgan fingerprint density at radius 1 is 1.14 bits per heavy atom. The first kappa shape index (κ1) is 16.3. The number of aryl methyl sites for hydroxylation is 1. The number of fused-ring (bicyclic) bond motifs is 2. The molecule has 1 fully saturated rings. The summed E-state index contributed by atoms with van der Waals surface area (Å²) >= 11 is 0. The minimum atomic E-state index is 0.429. The zero-order valence-electron chi connectivity index (χ0n) is 15.7. The van der Waals surface area contributed by atoms with Crippen molar-refractivity contribution >= 4 is 16.7 Å². The summed E-state index contributed by atoms with van der Waals surface area (Å²) in [4.78, 5) is 17.8. The van der Waals surface area contributed by atoms with Gasteiger partial charge in [-0.05, 0) is 25.3 Å². The number of hydrogen-bond acceptors (Lipinski definition) is 8. The van der Waals surface area contributed by atoms with E-state index in [0.29, 0.717) is 23.3 Å². The molecule has 1 saturated carbocycles. The molecule has 0 atom stereocenters. The van der Waals surface area contributed by atoms with Crippen LogP contribution in [0.3, 0.4) is 0 Å². The van der Waals surface area contributed by atoms with Crippen LogP contribution in [0.4, 0.5) is 0 Å². The smallest absolute Gasteiger partial charge is 0.259 e. The zero-order valence-corrected chi connectivity index (χ0v) is 15.7. The SMILES string of the molecule is CCCc1noc2nc(C3CC3)cc(-c3nc(-c4cnc5cnccn45)no3)c12. The first-order chi connectivity index (χ1) is 14.3. The lowest BCUT2D eigenvalue weighted by Crippen LogP contribution is -1.93. The molecule has 0 N–H and O–H groups in total. The van der Waals surface area contributed by atoms with Gasteiger partial charge in [0.25, 0.3) is 11.6 Å². The Hall–Kier alpha value is -3.62. The monoisotopic (exact) mass is 387 g/mol. The Balaban J connectivity index is 1.52. The fourth-order valence-electron chi connectivity index (χ4n) is 3.64. The molecule has 1 aliphatic carbocycles. The summed E-state index contributed by atoms with van der Waals surface area (Å²) in [5.41, 5.74) is 4.69. The van der Waals surface area contributed by atoms with E-state index in [1.54, 1.807) is 18.6 Å². The van der Waals surface area contributed by atoms with Crippen LogP contribution in [0.15, 0.2) is 39.9 Å². The van der Waals surface area contributed by atoms with Crippen molar-refractivity contribution in [3.05, 3.63) is 42.2 Å². The van der Waals surface area contributed by atoms with Gasteiger partial charge in [-0.1, -0.05) is 23.7 Å². The van der Waals surface area contributed by atoms with Crippen molar-refractivity contribution in [2.75, 3.05) is 0 Å². The largest absolute Gasteiger partial charge is 0.336 e. The van der Waals surface area contributed by atoms with E-state index in [9.17, 15) is 0 Å². The number of aromatic nitrogens is 7. The molecular weight excluding hydrogens is 370 g/mol. The quantitative estimate of drug-likeness (QED) is 0.448. The molecule has 5 aromatic heterocycles. The van der Waals surface area contributed by atoms with E-state index in [2.05, 4.69) is 37.2 Å². The second-order valence-electron chi connectivity index (χ2n) is 7.30. The summed E-state index contributed by atoms with van der Waals surface area (Å²) in [7, 11) is 0. The van der Waals surface area contributed by atoms with Gasteiger partial charge in [0.15, 0.2) is 5.65 Å². The third-order valence-corrected chi connectivity index (χ3v) is 5.22. The van der Waals surface area contributed by atoms with Crippen LogP contribution in [-0.2, 0) is 6.42 Å². The van der Waals surface area contributed by atoms with Crippen molar-refractivity contribution in [1.82, 2.24) is 34.6 Å². The maximum Gasteiger partial charge on any atom is 0.259 e. The van der Waals surface area contributed by atoms with E-state index in [-0.39, 0.29) is 0 Å². The van der Waals surface area contributed by atoms with Crippen LogP contribution in [0, 0.1) is 0 Å². The van der Waals surface area contributed by atoms with E-state index in [1.165, 1.54) is 0 Å². The molecule has 9 heteroatoms. The maximum absolute atomic E-state index is 5.67. The Morgan fingerprint density at radius 3 is 2.93 bits per heavy atom. The Morgan fingerprint density at radius 2 is 2.07 bits per heavy atom. The van der Waals surface area contributed by atoms with Crippen LogP contribution < -0.4 is 0 Å². The Bertz CT molecular complexity index is 1350. The third-order valence-electron chi connectivity index (χ3n) is 5.22. The number of rotatable bonds is 5. The number of imidazole rings is 1. The minimum Gasteiger partial charge on any atom is -0.336 e. The first-order valence-corrected chi connectivity index (χ1v) is 9.72. The lowest BCUT2D eigenvalue weighted by atomic mass is 10.1. The summed E-state index contributed by atoms with van der Waals surface area (Å²) in [5.74, 6) is 1.36. The van der Waals surface area contributed by atoms with Crippen molar-refractivity contribution in [3.63, 3.8) is 0 Å².